The molecule has 2 rings (SSSR count). The Morgan fingerprint density at radius 2 is 2.09 bits per heavy atom. The molecule has 0 radical (unpaired) electrons. The molecule has 1 amide bonds. The van der Waals surface area contributed by atoms with Gasteiger partial charge in [0.1, 0.15) is 17.9 Å². The van der Waals surface area contributed by atoms with Crippen LogP contribution in [0.2, 0.25) is 0 Å². The van der Waals surface area contributed by atoms with Crippen molar-refractivity contribution in [2.24, 2.45) is 0 Å². The number of alkyl carbamates (subject to hydrolysis) is 1. The standard InChI is InChI=1S/C15H20N4O3/c1-15(2,21)13-10-17-19(18-13)9-8-16-14(20)22-11-12-6-4-3-5-7-12/h3-7,10,21H,8-9,11H2,1-2H3,(H,16,20). The molecule has 0 unspecified atom stereocenters. The van der Waals surface area contributed by atoms with Gasteiger partial charge in [-0.2, -0.15) is 15.0 Å². The summed E-state index contributed by atoms with van der Waals surface area (Å²) in [6.07, 6.45) is 1.02. The van der Waals surface area contributed by atoms with E-state index in [0.717, 1.165) is 5.56 Å². The molecule has 1 aromatic carbocycles. The largest absolute Gasteiger partial charge is 0.445 e. The van der Waals surface area contributed by atoms with Gasteiger partial charge in [-0.3, -0.25) is 0 Å². The van der Waals surface area contributed by atoms with Crippen molar-refractivity contribution in [3.8, 4) is 0 Å². The Labute approximate surface area is 128 Å². The highest BCUT2D eigenvalue weighted by Crippen LogP contribution is 2.14. The highest BCUT2D eigenvalue weighted by Gasteiger charge is 2.19. The minimum Gasteiger partial charge on any atom is -0.445 e. The van der Waals surface area contributed by atoms with Crippen LogP contribution < -0.4 is 5.32 Å². The van der Waals surface area contributed by atoms with Gasteiger partial charge in [-0.15, -0.1) is 0 Å². The summed E-state index contributed by atoms with van der Waals surface area (Å²) in [5, 5.41) is 20.6. The summed E-state index contributed by atoms with van der Waals surface area (Å²) in [6, 6.07) is 9.46. The Kier molecular flexibility index (Phi) is 5.11. The maximum absolute atomic E-state index is 11.5. The van der Waals surface area contributed by atoms with Crippen molar-refractivity contribution < 1.29 is 14.6 Å². The summed E-state index contributed by atoms with van der Waals surface area (Å²) < 4.78 is 5.09. The molecule has 22 heavy (non-hydrogen) atoms. The number of amides is 1. The van der Waals surface area contributed by atoms with E-state index in [-0.39, 0.29) is 6.61 Å². The Morgan fingerprint density at radius 3 is 2.73 bits per heavy atom. The van der Waals surface area contributed by atoms with Crippen LogP contribution >= 0.6 is 0 Å². The molecule has 0 saturated carbocycles. The van der Waals surface area contributed by atoms with Crippen LogP contribution in [0.4, 0.5) is 4.79 Å². The van der Waals surface area contributed by atoms with E-state index in [1.807, 2.05) is 30.3 Å². The molecular weight excluding hydrogens is 284 g/mol. The number of rotatable bonds is 6. The highest BCUT2D eigenvalue weighted by atomic mass is 16.5. The van der Waals surface area contributed by atoms with Crippen LogP contribution in [0.3, 0.4) is 0 Å². The van der Waals surface area contributed by atoms with Crippen molar-refractivity contribution in [2.45, 2.75) is 32.6 Å². The summed E-state index contributed by atoms with van der Waals surface area (Å²) in [7, 11) is 0. The molecule has 1 heterocycles. The maximum atomic E-state index is 11.5. The third kappa shape index (κ3) is 4.85. The lowest BCUT2D eigenvalue weighted by Crippen LogP contribution is -2.28. The lowest BCUT2D eigenvalue weighted by molar-refractivity contribution is 0.0730. The normalized spacial score (nSPS) is 11.2. The predicted octanol–water partition coefficient (Wildman–Crippen LogP) is 1.43. The molecule has 0 atom stereocenters. The molecule has 0 fully saturated rings. The van der Waals surface area contributed by atoms with E-state index in [2.05, 4.69) is 15.5 Å². The average Bonchev–Trinajstić information content (AvgIpc) is 2.95. The van der Waals surface area contributed by atoms with E-state index >= 15 is 0 Å². The second kappa shape index (κ2) is 7.04. The van der Waals surface area contributed by atoms with Crippen LogP contribution in [-0.4, -0.2) is 32.7 Å². The number of nitrogens with zero attached hydrogens (tertiary/aromatic N) is 3. The fraction of sp³-hybridized carbons (Fsp3) is 0.400. The van der Waals surface area contributed by atoms with Crippen LogP contribution in [0.1, 0.15) is 25.1 Å². The topological polar surface area (TPSA) is 89.3 Å². The first-order chi connectivity index (χ1) is 10.4. The van der Waals surface area contributed by atoms with Gasteiger partial charge in [0.25, 0.3) is 0 Å². The fourth-order valence-corrected chi connectivity index (χ4v) is 1.72. The van der Waals surface area contributed by atoms with Crippen molar-refractivity contribution in [2.75, 3.05) is 6.54 Å². The van der Waals surface area contributed by atoms with Gasteiger partial charge in [0.05, 0.1) is 12.7 Å². The summed E-state index contributed by atoms with van der Waals surface area (Å²) in [5.74, 6) is 0. The minimum absolute atomic E-state index is 0.232. The van der Waals surface area contributed by atoms with Crippen LogP contribution in [-0.2, 0) is 23.5 Å². The van der Waals surface area contributed by atoms with E-state index in [1.165, 1.54) is 11.0 Å². The van der Waals surface area contributed by atoms with Gasteiger partial charge in [0.15, 0.2) is 0 Å². The zero-order chi connectivity index (χ0) is 16.0. The number of hydrogen-bond acceptors (Lipinski definition) is 5. The average molecular weight is 304 g/mol. The number of aliphatic hydroxyl groups is 1. The molecule has 1 aromatic heterocycles. The second-order valence-corrected chi connectivity index (χ2v) is 5.37. The number of aromatic nitrogens is 3. The van der Waals surface area contributed by atoms with Gasteiger partial charge >= 0.3 is 6.09 Å². The first-order valence-corrected chi connectivity index (χ1v) is 7.03. The summed E-state index contributed by atoms with van der Waals surface area (Å²) >= 11 is 0. The zero-order valence-corrected chi connectivity index (χ0v) is 12.7. The molecule has 7 nitrogen and oxygen atoms in total. The van der Waals surface area contributed by atoms with Crippen molar-refractivity contribution >= 4 is 6.09 Å². The van der Waals surface area contributed by atoms with Gasteiger partial charge in [0.2, 0.25) is 0 Å². The van der Waals surface area contributed by atoms with E-state index < -0.39 is 11.7 Å². The molecule has 0 saturated heterocycles. The minimum atomic E-state index is -1.03. The molecule has 2 aromatic rings. The Hall–Kier alpha value is -2.41. The first kappa shape index (κ1) is 16.0. The second-order valence-electron chi connectivity index (χ2n) is 5.37. The number of carbonyl (C=O) groups is 1. The smallest absolute Gasteiger partial charge is 0.407 e. The lowest BCUT2D eigenvalue weighted by atomic mass is 10.1. The number of benzene rings is 1. The molecule has 0 aliphatic carbocycles. The molecule has 0 spiro atoms. The molecule has 2 N–H and O–H groups in total. The van der Waals surface area contributed by atoms with E-state index in [4.69, 9.17) is 4.74 Å². The molecular formula is C15H20N4O3. The molecule has 0 bridgehead atoms. The van der Waals surface area contributed by atoms with E-state index in [0.29, 0.717) is 18.8 Å². The van der Waals surface area contributed by atoms with Crippen LogP contribution in [0.5, 0.6) is 0 Å². The fourth-order valence-electron chi connectivity index (χ4n) is 1.72. The molecule has 7 heteroatoms. The van der Waals surface area contributed by atoms with Crippen molar-refractivity contribution in [3.05, 3.63) is 47.8 Å². The lowest BCUT2D eigenvalue weighted by Gasteiger charge is -2.12. The molecule has 0 aliphatic rings. The van der Waals surface area contributed by atoms with Crippen LogP contribution in [0.15, 0.2) is 36.5 Å². The van der Waals surface area contributed by atoms with Gasteiger partial charge in [-0.05, 0) is 19.4 Å². The summed E-state index contributed by atoms with van der Waals surface area (Å²) in [4.78, 5) is 13.0. The van der Waals surface area contributed by atoms with Crippen LogP contribution in [0.25, 0.3) is 0 Å². The predicted molar refractivity (Wildman–Crippen MR) is 79.9 cm³/mol. The Bertz CT molecular complexity index is 605. The maximum Gasteiger partial charge on any atom is 0.407 e. The summed E-state index contributed by atoms with van der Waals surface area (Å²) in [6.45, 7) is 4.25. The Balaban J connectivity index is 1.70. The number of nitrogens with one attached hydrogen (secondary N) is 1. The number of hydrogen-bond donors (Lipinski definition) is 2. The highest BCUT2D eigenvalue weighted by molar-refractivity contribution is 5.67. The van der Waals surface area contributed by atoms with Gasteiger partial charge < -0.3 is 15.2 Å². The van der Waals surface area contributed by atoms with Gasteiger partial charge in [-0.25, -0.2) is 4.79 Å². The monoisotopic (exact) mass is 304 g/mol. The number of carbonyl (C=O) groups excluding carboxylic acids is 1. The van der Waals surface area contributed by atoms with Gasteiger partial charge in [0, 0.05) is 6.54 Å². The zero-order valence-electron chi connectivity index (χ0n) is 12.7. The van der Waals surface area contributed by atoms with E-state index in [9.17, 15) is 9.90 Å². The third-order valence-corrected chi connectivity index (χ3v) is 2.96. The molecule has 0 aliphatic heterocycles. The SMILES string of the molecule is CC(C)(O)c1cnn(CCNC(=O)OCc2ccccc2)n1. The van der Waals surface area contributed by atoms with Crippen LogP contribution in [0, 0.1) is 0 Å². The van der Waals surface area contributed by atoms with Crippen molar-refractivity contribution in [1.82, 2.24) is 20.3 Å². The van der Waals surface area contributed by atoms with Crippen molar-refractivity contribution in [1.29, 1.82) is 0 Å². The summed E-state index contributed by atoms with van der Waals surface area (Å²) in [5.41, 5.74) is 0.390. The van der Waals surface area contributed by atoms with E-state index in [1.54, 1.807) is 13.8 Å². The number of ether oxygens (including phenoxy) is 1. The van der Waals surface area contributed by atoms with Crippen molar-refractivity contribution in [3.63, 3.8) is 0 Å². The van der Waals surface area contributed by atoms with Gasteiger partial charge in [-0.1, -0.05) is 30.3 Å². The quantitative estimate of drug-likeness (QED) is 0.842. The third-order valence-electron chi connectivity index (χ3n) is 2.96. The molecule has 118 valence electrons. The Morgan fingerprint density at radius 1 is 1.36 bits per heavy atom. The first-order valence-electron chi connectivity index (χ1n) is 7.03.